The zero-order valence-electron chi connectivity index (χ0n) is 10.1. The molecule has 17 heavy (non-hydrogen) atoms. The molecule has 0 aliphatic rings. The smallest absolute Gasteiger partial charge is 0.317 e. The Morgan fingerprint density at radius 2 is 2.12 bits per heavy atom. The zero-order chi connectivity index (χ0) is 13.0. The van der Waals surface area contributed by atoms with Crippen LogP contribution in [-0.4, -0.2) is 23.4 Å². The van der Waals surface area contributed by atoms with Crippen molar-refractivity contribution in [1.29, 1.82) is 0 Å². The highest BCUT2D eigenvalue weighted by Crippen LogP contribution is 2.34. The number of ether oxygens (including phenoxy) is 1. The molecule has 4 nitrogen and oxygen atoms in total. The van der Waals surface area contributed by atoms with Crippen LogP contribution in [0.5, 0.6) is 5.75 Å². The molecule has 1 atom stereocenters. The molecule has 1 aromatic carbocycles. The predicted octanol–water partition coefficient (Wildman–Crippen LogP) is 2.48. The molecule has 1 unspecified atom stereocenters. The second-order valence-electron chi connectivity index (χ2n) is 4.02. The molecule has 1 aromatic rings. The van der Waals surface area contributed by atoms with E-state index in [0.29, 0.717) is 11.4 Å². The van der Waals surface area contributed by atoms with Crippen molar-refractivity contribution in [2.24, 2.45) is 5.92 Å². The Kier molecular flexibility index (Phi) is 4.69. The van der Waals surface area contributed by atoms with E-state index in [2.05, 4.69) is 0 Å². The minimum Gasteiger partial charge on any atom is -0.497 e. The van der Waals surface area contributed by atoms with Crippen LogP contribution in [0.2, 0.25) is 0 Å². The van der Waals surface area contributed by atoms with Crippen LogP contribution in [-0.2, 0) is 4.79 Å². The van der Waals surface area contributed by atoms with Crippen LogP contribution >= 0.6 is 11.8 Å². The molecule has 0 radical (unpaired) electrons. The number of hydrogen-bond acceptors (Lipinski definition) is 4. The average Bonchev–Trinajstić information content (AvgIpc) is 2.27. The van der Waals surface area contributed by atoms with Crippen molar-refractivity contribution in [3.8, 4) is 5.75 Å². The van der Waals surface area contributed by atoms with Crippen molar-refractivity contribution >= 4 is 23.4 Å². The van der Waals surface area contributed by atoms with Crippen molar-refractivity contribution in [2.45, 2.75) is 24.0 Å². The molecule has 94 valence electrons. The Bertz CT molecular complexity index is 407. The largest absolute Gasteiger partial charge is 0.497 e. The summed E-state index contributed by atoms with van der Waals surface area (Å²) in [6, 6.07) is 5.24. The van der Waals surface area contributed by atoms with E-state index in [1.165, 1.54) is 11.8 Å². The van der Waals surface area contributed by atoms with E-state index in [1.807, 2.05) is 13.8 Å². The maximum atomic E-state index is 11.1. The van der Waals surface area contributed by atoms with E-state index < -0.39 is 11.2 Å². The second kappa shape index (κ2) is 5.82. The highest BCUT2D eigenvalue weighted by atomic mass is 32.2. The third-order valence-corrected chi connectivity index (χ3v) is 3.93. The molecular weight excluding hydrogens is 238 g/mol. The van der Waals surface area contributed by atoms with Gasteiger partial charge in [0.2, 0.25) is 0 Å². The molecule has 0 saturated carbocycles. The molecule has 0 bridgehead atoms. The number of carboxylic acids is 1. The first-order valence-electron chi connectivity index (χ1n) is 5.28. The molecule has 0 amide bonds. The highest BCUT2D eigenvalue weighted by Gasteiger charge is 2.23. The number of aliphatic carboxylic acids is 1. The molecular formula is C12H17NO3S. The number of thioether (sulfide) groups is 1. The van der Waals surface area contributed by atoms with Gasteiger partial charge in [0, 0.05) is 10.6 Å². The first-order chi connectivity index (χ1) is 7.95. The third-order valence-electron chi connectivity index (χ3n) is 2.32. The number of benzene rings is 1. The van der Waals surface area contributed by atoms with E-state index in [9.17, 15) is 4.79 Å². The fourth-order valence-corrected chi connectivity index (χ4v) is 2.39. The standard InChI is InChI=1S/C12H17NO3S/c1-7(2)11(12(14)15)17-10-6-8(16-3)4-5-9(10)13/h4-7,11H,13H2,1-3H3,(H,14,15). The minimum absolute atomic E-state index is 0.0306. The van der Waals surface area contributed by atoms with Crippen LogP contribution in [0.25, 0.3) is 0 Å². The molecule has 0 spiro atoms. The molecule has 0 fully saturated rings. The van der Waals surface area contributed by atoms with Crippen LogP contribution in [0.15, 0.2) is 23.1 Å². The van der Waals surface area contributed by atoms with Gasteiger partial charge in [-0.1, -0.05) is 13.8 Å². The molecule has 0 aliphatic carbocycles. The van der Waals surface area contributed by atoms with Crippen molar-refractivity contribution in [1.82, 2.24) is 0 Å². The lowest BCUT2D eigenvalue weighted by Crippen LogP contribution is -2.22. The van der Waals surface area contributed by atoms with E-state index in [0.717, 1.165) is 4.90 Å². The van der Waals surface area contributed by atoms with E-state index in [4.69, 9.17) is 15.6 Å². The molecule has 0 heterocycles. The second-order valence-corrected chi connectivity index (χ2v) is 5.21. The normalized spacial score (nSPS) is 12.5. The number of rotatable bonds is 5. The fraction of sp³-hybridized carbons (Fsp3) is 0.417. The van der Waals surface area contributed by atoms with Crippen LogP contribution in [0.4, 0.5) is 5.69 Å². The number of nitrogen functional groups attached to an aromatic ring is 1. The van der Waals surface area contributed by atoms with Gasteiger partial charge >= 0.3 is 5.97 Å². The first-order valence-corrected chi connectivity index (χ1v) is 6.16. The van der Waals surface area contributed by atoms with Gasteiger partial charge in [0.15, 0.2) is 0 Å². The fourth-order valence-electron chi connectivity index (χ4n) is 1.35. The molecule has 3 N–H and O–H groups in total. The van der Waals surface area contributed by atoms with Gasteiger partial charge in [0.1, 0.15) is 11.0 Å². The van der Waals surface area contributed by atoms with Gasteiger partial charge in [-0.25, -0.2) is 0 Å². The molecule has 0 aliphatic heterocycles. The zero-order valence-corrected chi connectivity index (χ0v) is 11.0. The quantitative estimate of drug-likeness (QED) is 0.624. The lowest BCUT2D eigenvalue weighted by Gasteiger charge is -2.17. The summed E-state index contributed by atoms with van der Waals surface area (Å²) < 4.78 is 5.10. The van der Waals surface area contributed by atoms with Crippen LogP contribution in [0.1, 0.15) is 13.8 Å². The topological polar surface area (TPSA) is 72.5 Å². The minimum atomic E-state index is -0.827. The van der Waals surface area contributed by atoms with Gasteiger partial charge in [0.25, 0.3) is 0 Å². The van der Waals surface area contributed by atoms with E-state index in [1.54, 1.807) is 25.3 Å². The van der Waals surface area contributed by atoms with Gasteiger partial charge in [-0.05, 0) is 24.1 Å². The summed E-state index contributed by atoms with van der Waals surface area (Å²) in [5, 5.41) is 8.62. The molecule has 0 saturated heterocycles. The Hall–Kier alpha value is -1.36. The number of methoxy groups -OCH3 is 1. The van der Waals surface area contributed by atoms with Crippen molar-refractivity contribution in [3.05, 3.63) is 18.2 Å². The van der Waals surface area contributed by atoms with Gasteiger partial charge in [-0.15, -0.1) is 11.8 Å². The van der Waals surface area contributed by atoms with Gasteiger partial charge < -0.3 is 15.6 Å². The van der Waals surface area contributed by atoms with Gasteiger partial charge in [-0.3, -0.25) is 4.79 Å². The summed E-state index contributed by atoms with van der Waals surface area (Å²) >= 11 is 1.26. The molecule has 5 heteroatoms. The summed E-state index contributed by atoms with van der Waals surface area (Å²) in [4.78, 5) is 11.9. The molecule has 0 aromatic heterocycles. The third kappa shape index (κ3) is 3.56. The predicted molar refractivity (Wildman–Crippen MR) is 69.5 cm³/mol. The van der Waals surface area contributed by atoms with Crippen molar-refractivity contribution in [2.75, 3.05) is 12.8 Å². The van der Waals surface area contributed by atoms with Crippen molar-refractivity contribution in [3.63, 3.8) is 0 Å². The number of carboxylic acid groups (broad SMARTS) is 1. The summed E-state index contributed by atoms with van der Waals surface area (Å²) in [5.41, 5.74) is 6.40. The van der Waals surface area contributed by atoms with Gasteiger partial charge in [0.05, 0.1) is 7.11 Å². The summed E-state index contributed by atoms with van der Waals surface area (Å²) in [7, 11) is 1.57. The number of nitrogens with two attached hydrogens (primary N) is 1. The van der Waals surface area contributed by atoms with E-state index in [-0.39, 0.29) is 5.92 Å². The van der Waals surface area contributed by atoms with Crippen LogP contribution < -0.4 is 10.5 Å². The molecule has 1 rings (SSSR count). The summed E-state index contributed by atoms with van der Waals surface area (Å²) in [5.74, 6) is -0.120. The van der Waals surface area contributed by atoms with Crippen LogP contribution in [0, 0.1) is 5.92 Å². The lowest BCUT2D eigenvalue weighted by atomic mass is 10.1. The lowest BCUT2D eigenvalue weighted by molar-refractivity contribution is -0.137. The van der Waals surface area contributed by atoms with Crippen molar-refractivity contribution < 1.29 is 14.6 Å². The maximum Gasteiger partial charge on any atom is 0.317 e. The number of anilines is 1. The monoisotopic (exact) mass is 255 g/mol. The number of carbonyl (C=O) groups is 1. The SMILES string of the molecule is COc1ccc(N)c(SC(C(=O)O)C(C)C)c1. The van der Waals surface area contributed by atoms with Crippen LogP contribution in [0.3, 0.4) is 0 Å². The summed E-state index contributed by atoms with van der Waals surface area (Å²) in [6.45, 7) is 3.75. The summed E-state index contributed by atoms with van der Waals surface area (Å²) in [6.07, 6.45) is 0. The maximum absolute atomic E-state index is 11.1. The Morgan fingerprint density at radius 1 is 1.47 bits per heavy atom. The van der Waals surface area contributed by atoms with E-state index >= 15 is 0 Å². The van der Waals surface area contributed by atoms with Gasteiger partial charge in [-0.2, -0.15) is 0 Å². The number of hydrogen-bond donors (Lipinski definition) is 2. The Balaban J connectivity index is 2.96. The Morgan fingerprint density at radius 3 is 2.59 bits per heavy atom. The first kappa shape index (κ1) is 13.7. The average molecular weight is 255 g/mol. The highest BCUT2D eigenvalue weighted by molar-refractivity contribution is 8.00. The Labute approximate surface area is 105 Å².